The van der Waals surface area contributed by atoms with E-state index in [4.69, 9.17) is 11.6 Å². The standard InChI is InChI=1S/C14H16ClN3O/c1-18(14(19)8-5-9-15)13-10-12(16-17-13)11-6-3-2-4-7-11/h2-4,6-7,10H,5,8-9H2,1H3,(H,16,17). The lowest BCUT2D eigenvalue weighted by Crippen LogP contribution is -2.26. The number of benzene rings is 1. The summed E-state index contributed by atoms with van der Waals surface area (Å²) in [6, 6.07) is 11.7. The fourth-order valence-corrected chi connectivity index (χ4v) is 1.90. The van der Waals surface area contributed by atoms with E-state index in [0.717, 1.165) is 11.3 Å². The molecule has 0 aliphatic rings. The first-order valence-electron chi connectivity index (χ1n) is 6.15. The van der Waals surface area contributed by atoms with Crippen molar-refractivity contribution in [2.45, 2.75) is 12.8 Å². The molecule has 0 aliphatic heterocycles. The van der Waals surface area contributed by atoms with Crippen molar-refractivity contribution in [3.63, 3.8) is 0 Å². The number of halogens is 1. The molecule has 0 bridgehead atoms. The molecule has 5 heteroatoms. The third-order valence-electron chi connectivity index (χ3n) is 2.89. The average molecular weight is 278 g/mol. The van der Waals surface area contributed by atoms with E-state index in [1.807, 2.05) is 36.4 Å². The minimum Gasteiger partial charge on any atom is -0.298 e. The third-order valence-corrected chi connectivity index (χ3v) is 3.16. The molecule has 0 saturated heterocycles. The lowest BCUT2D eigenvalue weighted by molar-refractivity contribution is -0.118. The van der Waals surface area contributed by atoms with Gasteiger partial charge in [-0.15, -0.1) is 11.6 Å². The fraction of sp³-hybridized carbons (Fsp3) is 0.286. The molecule has 1 aromatic heterocycles. The zero-order valence-electron chi connectivity index (χ0n) is 10.8. The summed E-state index contributed by atoms with van der Waals surface area (Å²) < 4.78 is 0. The SMILES string of the molecule is CN(C(=O)CCCCl)c1cc(-c2ccccc2)[nH]n1. The van der Waals surface area contributed by atoms with Crippen LogP contribution in [0.15, 0.2) is 36.4 Å². The van der Waals surface area contributed by atoms with Crippen LogP contribution >= 0.6 is 11.6 Å². The molecule has 0 atom stereocenters. The maximum absolute atomic E-state index is 11.9. The molecule has 100 valence electrons. The van der Waals surface area contributed by atoms with Crippen LogP contribution in [0.1, 0.15) is 12.8 Å². The minimum atomic E-state index is 0.0201. The van der Waals surface area contributed by atoms with Crippen molar-refractivity contribution in [2.24, 2.45) is 0 Å². The Kier molecular flexibility index (Phi) is 4.58. The smallest absolute Gasteiger partial charge is 0.227 e. The zero-order valence-corrected chi connectivity index (χ0v) is 11.5. The molecule has 1 aromatic carbocycles. The maximum Gasteiger partial charge on any atom is 0.227 e. The maximum atomic E-state index is 11.9. The Morgan fingerprint density at radius 2 is 2.11 bits per heavy atom. The van der Waals surface area contributed by atoms with Gasteiger partial charge >= 0.3 is 0 Å². The van der Waals surface area contributed by atoms with Gasteiger partial charge in [0.05, 0.1) is 5.69 Å². The highest BCUT2D eigenvalue weighted by Crippen LogP contribution is 2.21. The van der Waals surface area contributed by atoms with Crippen molar-refractivity contribution in [3.05, 3.63) is 36.4 Å². The van der Waals surface area contributed by atoms with Gasteiger partial charge in [0, 0.05) is 25.4 Å². The highest BCUT2D eigenvalue weighted by Gasteiger charge is 2.13. The highest BCUT2D eigenvalue weighted by molar-refractivity contribution is 6.18. The van der Waals surface area contributed by atoms with E-state index in [2.05, 4.69) is 10.2 Å². The van der Waals surface area contributed by atoms with Crippen molar-refractivity contribution in [1.82, 2.24) is 10.2 Å². The number of aromatic nitrogens is 2. The number of hydrogen-bond acceptors (Lipinski definition) is 2. The lowest BCUT2D eigenvalue weighted by atomic mass is 10.1. The number of rotatable bonds is 5. The Morgan fingerprint density at radius 3 is 2.79 bits per heavy atom. The number of nitrogens with zero attached hydrogens (tertiary/aromatic N) is 2. The molecule has 0 saturated carbocycles. The number of carbonyl (C=O) groups is 1. The lowest BCUT2D eigenvalue weighted by Gasteiger charge is -2.13. The number of anilines is 1. The summed E-state index contributed by atoms with van der Waals surface area (Å²) in [7, 11) is 1.72. The molecule has 1 amide bonds. The predicted octanol–water partition coefficient (Wildman–Crippen LogP) is 3.06. The van der Waals surface area contributed by atoms with Crippen molar-refractivity contribution in [3.8, 4) is 11.3 Å². The van der Waals surface area contributed by atoms with Crippen molar-refractivity contribution in [1.29, 1.82) is 0 Å². The van der Waals surface area contributed by atoms with Gasteiger partial charge in [-0.25, -0.2) is 0 Å². The zero-order chi connectivity index (χ0) is 13.7. The fourth-order valence-electron chi connectivity index (χ4n) is 1.76. The molecular weight excluding hydrogens is 262 g/mol. The highest BCUT2D eigenvalue weighted by atomic mass is 35.5. The number of hydrogen-bond donors (Lipinski definition) is 1. The number of alkyl halides is 1. The average Bonchev–Trinajstić information content (AvgIpc) is 2.94. The first-order chi connectivity index (χ1) is 9.22. The predicted molar refractivity (Wildman–Crippen MR) is 77.4 cm³/mol. The first kappa shape index (κ1) is 13.6. The van der Waals surface area contributed by atoms with Gasteiger partial charge < -0.3 is 0 Å². The minimum absolute atomic E-state index is 0.0201. The van der Waals surface area contributed by atoms with Gasteiger partial charge in [-0.2, -0.15) is 5.10 Å². The van der Waals surface area contributed by atoms with Gasteiger partial charge in [-0.05, 0) is 12.0 Å². The molecule has 1 N–H and O–H groups in total. The second-order valence-electron chi connectivity index (χ2n) is 4.25. The quantitative estimate of drug-likeness (QED) is 0.854. The van der Waals surface area contributed by atoms with Crippen LogP contribution in [0.5, 0.6) is 0 Å². The Balaban J connectivity index is 2.11. The summed E-state index contributed by atoms with van der Waals surface area (Å²) in [6.07, 6.45) is 1.12. The molecule has 0 spiro atoms. The van der Waals surface area contributed by atoms with E-state index in [9.17, 15) is 4.79 Å². The molecule has 0 aliphatic carbocycles. The Labute approximate surface area is 117 Å². The van der Waals surface area contributed by atoms with Gasteiger partial charge in [-0.1, -0.05) is 30.3 Å². The van der Waals surface area contributed by atoms with Gasteiger partial charge in [0.2, 0.25) is 5.91 Å². The second kappa shape index (κ2) is 6.38. The van der Waals surface area contributed by atoms with Crippen LogP contribution in [0, 0.1) is 0 Å². The number of amides is 1. The van der Waals surface area contributed by atoms with Crippen LogP contribution in [0.25, 0.3) is 11.3 Å². The largest absolute Gasteiger partial charge is 0.298 e. The number of carbonyl (C=O) groups excluding carboxylic acids is 1. The second-order valence-corrected chi connectivity index (χ2v) is 4.63. The molecule has 2 aromatic rings. The van der Waals surface area contributed by atoms with E-state index in [1.54, 1.807) is 11.9 Å². The summed E-state index contributed by atoms with van der Waals surface area (Å²) in [4.78, 5) is 13.4. The van der Waals surface area contributed by atoms with E-state index >= 15 is 0 Å². The van der Waals surface area contributed by atoms with Crippen LogP contribution in [-0.2, 0) is 4.79 Å². The van der Waals surface area contributed by atoms with E-state index in [1.165, 1.54) is 0 Å². The summed E-state index contributed by atoms with van der Waals surface area (Å²) in [5.41, 5.74) is 1.94. The van der Waals surface area contributed by atoms with E-state index < -0.39 is 0 Å². The molecular formula is C14H16ClN3O. The Hall–Kier alpha value is -1.81. The Bertz CT molecular complexity index is 539. The van der Waals surface area contributed by atoms with Crippen molar-refractivity contribution < 1.29 is 4.79 Å². The molecule has 19 heavy (non-hydrogen) atoms. The van der Waals surface area contributed by atoms with Crippen LogP contribution in [-0.4, -0.2) is 29.0 Å². The number of aromatic amines is 1. The normalized spacial score (nSPS) is 10.4. The molecule has 0 radical (unpaired) electrons. The first-order valence-corrected chi connectivity index (χ1v) is 6.69. The molecule has 1 heterocycles. The van der Waals surface area contributed by atoms with Crippen LogP contribution in [0.4, 0.5) is 5.82 Å². The van der Waals surface area contributed by atoms with Crippen LogP contribution in [0.3, 0.4) is 0 Å². The van der Waals surface area contributed by atoms with Gasteiger partial charge in [-0.3, -0.25) is 14.8 Å². The van der Waals surface area contributed by atoms with Gasteiger partial charge in [0.25, 0.3) is 0 Å². The summed E-state index contributed by atoms with van der Waals surface area (Å²) in [5, 5.41) is 7.11. The van der Waals surface area contributed by atoms with Crippen molar-refractivity contribution in [2.75, 3.05) is 17.8 Å². The Morgan fingerprint density at radius 1 is 1.37 bits per heavy atom. The van der Waals surface area contributed by atoms with E-state index in [0.29, 0.717) is 24.5 Å². The number of nitrogens with one attached hydrogen (secondary N) is 1. The van der Waals surface area contributed by atoms with Crippen molar-refractivity contribution >= 4 is 23.3 Å². The third kappa shape index (κ3) is 3.35. The monoisotopic (exact) mass is 277 g/mol. The molecule has 0 fully saturated rings. The summed E-state index contributed by atoms with van der Waals surface area (Å²) >= 11 is 5.59. The topological polar surface area (TPSA) is 49.0 Å². The van der Waals surface area contributed by atoms with Gasteiger partial charge in [0.1, 0.15) is 0 Å². The summed E-state index contributed by atoms with van der Waals surface area (Å²) in [6.45, 7) is 0. The molecule has 4 nitrogen and oxygen atoms in total. The van der Waals surface area contributed by atoms with E-state index in [-0.39, 0.29) is 5.91 Å². The molecule has 2 rings (SSSR count). The summed E-state index contributed by atoms with van der Waals surface area (Å²) in [5.74, 6) is 1.14. The number of H-pyrrole nitrogens is 1. The van der Waals surface area contributed by atoms with Crippen LogP contribution in [0.2, 0.25) is 0 Å². The van der Waals surface area contributed by atoms with Crippen LogP contribution < -0.4 is 4.90 Å². The molecule has 0 unspecified atom stereocenters. The van der Waals surface area contributed by atoms with Gasteiger partial charge in [0.15, 0.2) is 5.82 Å².